The molecule has 1 aromatic heterocycles. The zero-order chi connectivity index (χ0) is 23.2. The number of aromatic nitrogens is 1. The number of pyridine rings is 1. The first-order valence-electron chi connectivity index (χ1n) is 11.1. The second-order valence-electron chi connectivity index (χ2n) is 2.30. The lowest BCUT2D eigenvalue weighted by atomic mass is 10.00. The lowest BCUT2D eigenvalue weighted by Gasteiger charge is -2.32. The fraction of sp³-hybridized carbons (Fsp3) is 0.545. The van der Waals surface area contributed by atoms with E-state index in [0.717, 1.165) is 0 Å². The molecule has 1 aromatic rings. The van der Waals surface area contributed by atoms with E-state index >= 15 is 0 Å². The lowest BCUT2D eigenvalue weighted by Crippen LogP contribution is -2.34. The minimum atomic E-state index is -3.89. The van der Waals surface area contributed by atoms with Crippen LogP contribution in [0.5, 0.6) is 0 Å². The monoisotopic (exact) mass is 269 g/mol. The minimum absolute atomic E-state index is 0.226. The van der Waals surface area contributed by atoms with Crippen LogP contribution in [0.15, 0.2) is 22.9 Å². The average molecular weight is 270 g/mol. The fourth-order valence-corrected chi connectivity index (χ4v) is 1.10. The number of anilines is 1. The molecule has 1 aliphatic rings. The third-order valence-corrected chi connectivity index (χ3v) is 1.73. The van der Waals surface area contributed by atoms with Crippen LogP contribution in [0.25, 0.3) is 0 Å². The van der Waals surface area contributed by atoms with Gasteiger partial charge in [0.1, 0.15) is 4.60 Å². The number of hydrogen-bond acceptors (Lipinski definition) is 2. The molecule has 1 saturated heterocycles. The van der Waals surface area contributed by atoms with E-state index in [4.69, 9.17) is 20.6 Å². The summed E-state index contributed by atoms with van der Waals surface area (Å²) in [4.78, 5) is 3.26. The molecule has 1 fully saturated rings. The highest BCUT2D eigenvalue weighted by Crippen LogP contribution is 2.23. The second-order valence-corrected chi connectivity index (χ2v) is 3.05. The van der Waals surface area contributed by atoms with Crippen molar-refractivity contribution in [3.05, 3.63) is 22.9 Å². The van der Waals surface area contributed by atoms with Crippen molar-refractivity contribution in [1.29, 1.82) is 0 Å². The fourth-order valence-electron chi connectivity index (χ4n) is 0.825. The first-order chi connectivity index (χ1) is 12.6. The molecule has 0 saturated carbocycles. The Morgan fingerprint density at radius 2 is 2.86 bits per heavy atom. The Hall–Kier alpha value is -0.570. The van der Waals surface area contributed by atoms with Gasteiger partial charge in [0.15, 0.2) is 0 Å². The van der Waals surface area contributed by atoms with Gasteiger partial charge in [-0.1, -0.05) is 6.85 Å². The Labute approximate surface area is 115 Å². The molecule has 0 N–H and O–H groups in total. The molecule has 2 nitrogen and oxygen atoms in total. The Bertz CT molecular complexity index is 823. The van der Waals surface area contributed by atoms with Gasteiger partial charge in [0.25, 0.3) is 0 Å². The Morgan fingerprint density at radius 3 is 3.71 bits per heavy atom. The van der Waals surface area contributed by atoms with Gasteiger partial charge in [-0.25, -0.2) is 4.98 Å². The standard InChI is InChI=1S/C11H15BrN2/c1-9-3-2-6-14(8-9)10-4-5-13-11(12)7-10/h4-5,7,9H,2-3,6,8H2,1H3/i1D3,2D2,3D2,4D,5D,6D2,7D,8D2,9D. The van der Waals surface area contributed by atoms with E-state index in [1.807, 2.05) is 0 Å². The molecule has 2 heterocycles. The summed E-state index contributed by atoms with van der Waals surface area (Å²) >= 11 is 2.79. The van der Waals surface area contributed by atoms with Crippen LogP contribution in [0.3, 0.4) is 0 Å². The van der Waals surface area contributed by atoms with Gasteiger partial charge in [-0.05, 0) is 46.7 Å². The largest absolute Gasteiger partial charge is 0.371 e. The molecule has 0 spiro atoms. The van der Waals surface area contributed by atoms with Crippen LogP contribution in [-0.2, 0) is 0 Å². The number of nitrogens with zero attached hydrogens (tertiary/aromatic N) is 2. The van der Waals surface area contributed by atoms with E-state index in [0.29, 0.717) is 0 Å². The quantitative estimate of drug-likeness (QED) is 0.729. The summed E-state index contributed by atoms with van der Waals surface area (Å²) in [5.41, 5.74) is -1.04. The maximum atomic E-state index is 8.29. The van der Waals surface area contributed by atoms with Gasteiger partial charge in [0.05, 0.1) is 4.11 Å². The predicted molar refractivity (Wildman–Crippen MR) is 62.5 cm³/mol. The number of hydrogen-bond donors (Lipinski definition) is 0. The van der Waals surface area contributed by atoms with Crippen LogP contribution in [0.4, 0.5) is 5.69 Å². The first kappa shape index (κ1) is 2.40. The van der Waals surface area contributed by atoms with Crippen molar-refractivity contribution in [2.45, 2.75) is 19.6 Å². The molecule has 1 atom stereocenters. The zero-order valence-corrected chi connectivity index (χ0v) is 8.36. The Balaban J connectivity index is 3.09. The van der Waals surface area contributed by atoms with E-state index in [9.17, 15) is 0 Å². The maximum absolute atomic E-state index is 8.29. The van der Waals surface area contributed by atoms with Crippen LogP contribution in [-0.4, -0.2) is 18.0 Å². The summed E-state index contributed by atoms with van der Waals surface area (Å²) in [6.07, 6.45) is -8.53. The summed E-state index contributed by atoms with van der Waals surface area (Å²) in [5.74, 6) is -3.89. The highest BCUT2D eigenvalue weighted by molar-refractivity contribution is 9.10. The molecule has 3 heteroatoms. The molecule has 0 bridgehead atoms. The van der Waals surface area contributed by atoms with Gasteiger partial charge in [0, 0.05) is 41.3 Å². The highest BCUT2D eigenvalue weighted by atomic mass is 79.9. The highest BCUT2D eigenvalue weighted by Gasteiger charge is 2.16. The Kier molecular flexibility index (Phi) is 0.736. The molecule has 0 aliphatic carbocycles. The van der Waals surface area contributed by atoms with Crippen LogP contribution < -0.4 is 4.90 Å². The summed E-state index contributed by atoms with van der Waals surface area (Å²) in [7, 11) is 0. The van der Waals surface area contributed by atoms with E-state index in [1.54, 1.807) is 0 Å². The third-order valence-electron chi connectivity index (χ3n) is 1.35. The van der Waals surface area contributed by atoms with E-state index in [-0.39, 0.29) is 4.90 Å². The number of rotatable bonds is 1. The minimum Gasteiger partial charge on any atom is -0.371 e. The molecule has 0 amide bonds. The predicted octanol–water partition coefficient (Wildman–Crippen LogP) is 3.08. The van der Waals surface area contributed by atoms with Crippen molar-refractivity contribution in [3.8, 4) is 0 Å². The molecule has 0 aromatic carbocycles. The molecule has 0 radical (unpaired) electrons. The summed E-state index contributed by atoms with van der Waals surface area (Å²) in [6, 6.07) is -1.87. The molecule has 1 aliphatic heterocycles. The van der Waals surface area contributed by atoms with Gasteiger partial charge in [-0.15, -0.1) is 0 Å². The number of piperidine rings is 1. The summed E-state index contributed by atoms with van der Waals surface area (Å²) in [5, 5.41) is 0. The second kappa shape index (κ2) is 4.30. The van der Waals surface area contributed by atoms with Crippen molar-refractivity contribution in [2.75, 3.05) is 17.9 Å². The van der Waals surface area contributed by atoms with Gasteiger partial charge in [0.2, 0.25) is 0 Å². The van der Waals surface area contributed by atoms with Crippen LogP contribution in [0, 0.1) is 5.89 Å². The van der Waals surface area contributed by atoms with E-state index in [2.05, 4.69) is 20.9 Å². The van der Waals surface area contributed by atoms with Crippen LogP contribution in [0.2, 0.25) is 0 Å². The Morgan fingerprint density at radius 1 is 1.93 bits per heavy atom. The molecule has 76 valence electrons. The van der Waals surface area contributed by atoms with Crippen molar-refractivity contribution in [2.24, 2.45) is 5.89 Å². The average Bonchev–Trinajstić information content (AvgIpc) is 2.52. The van der Waals surface area contributed by atoms with Crippen LogP contribution in [0.1, 0.15) is 40.2 Å². The third kappa shape index (κ3) is 2.27. The number of halogens is 1. The normalized spacial score (nSPS) is 58.6. The van der Waals surface area contributed by atoms with Crippen LogP contribution >= 0.6 is 15.9 Å². The zero-order valence-electron chi connectivity index (χ0n) is 21.8. The van der Waals surface area contributed by atoms with Crippen molar-refractivity contribution in [3.63, 3.8) is 0 Å². The molecule has 1 unspecified atom stereocenters. The van der Waals surface area contributed by atoms with Crippen molar-refractivity contribution < 1.29 is 20.6 Å². The summed E-state index contributed by atoms with van der Waals surface area (Å²) < 4.78 is 119. The van der Waals surface area contributed by atoms with E-state index < -0.39 is 67.0 Å². The molecular weight excluding hydrogens is 240 g/mol. The summed E-state index contributed by atoms with van der Waals surface area (Å²) in [6.45, 7) is -11.3. The molecule has 2 rings (SSSR count). The smallest absolute Gasteiger partial charge is 0.108 e. The van der Waals surface area contributed by atoms with E-state index in [1.165, 1.54) is 0 Å². The van der Waals surface area contributed by atoms with Gasteiger partial charge < -0.3 is 4.90 Å². The SMILES string of the molecule is [2H]c1nc(Br)c([2H])c(N2C([2H])([2H])C([2H])([2H])C([2H])([2H])C([2H])(C([2H])([2H])[2H])C2([2H])[2H])c1[2H]. The van der Waals surface area contributed by atoms with Gasteiger partial charge in [-0.2, -0.15) is 0 Å². The first-order valence-corrected chi connectivity index (χ1v) is 4.35. The van der Waals surface area contributed by atoms with Crippen molar-refractivity contribution in [1.82, 2.24) is 4.98 Å². The molecule has 14 heavy (non-hydrogen) atoms. The van der Waals surface area contributed by atoms with Gasteiger partial charge >= 0.3 is 0 Å². The lowest BCUT2D eigenvalue weighted by molar-refractivity contribution is 0.447. The van der Waals surface area contributed by atoms with Crippen molar-refractivity contribution >= 4 is 21.6 Å². The maximum Gasteiger partial charge on any atom is 0.108 e. The van der Waals surface area contributed by atoms with Gasteiger partial charge in [-0.3, -0.25) is 0 Å². The topological polar surface area (TPSA) is 16.1 Å². The molecular formula is C11H15BrN2.